The van der Waals surface area contributed by atoms with Gasteiger partial charge in [-0.05, 0) is 31.2 Å². The molecular formula is C14H12ClNS. The van der Waals surface area contributed by atoms with Crippen LogP contribution >= 0.6 is 23.4 Å². The largest absolute Gasteiger partial charge is 0.340 e. The lowest BCUT2D eigenvalue weighted by molar-refractivity contribution is 0.979. The molecule has 0 N–H and O–H groups in total. The zero-order chi connectivity index (χ0) is 11.8. The molecule has 0 saturated carbocycles. The van der Waals surface area contributed by atoms with Crippen LogP contribution < -0.4 is 4.90 Å². The van der Waals surface area contributed by atoms with Crippen LogP contribution in [0, 0.1) is 0 Å². The van der Waals surface area contributed by atoms with Gasteiger partial charge < -0.3 is 4.90 Å². The average molecular weight is 262 g/mol. The van der Waals surface area contributed by atoms with Gasteiger partial charge in [0.25, 0.3) is 0 Å². The Bertz CT molecular complexity index is 568. The summed E-state index contributed by atoms with van der Waals surface area (Å²) < 4.78 is 0. The van der Waals surface area contributed by atoms with E-state index in [1.54, 1.807) is 11.8 Å². The van der Waals surface area contributed by atoms with Crippen LogP contribution in [0.1, 0.15) is 6.92 Å². The van der Waals surface area contributed by atoms with E-state index < -0.39 is 0 Å². The Morgan fingerprint density at radius 2 is 1.82 bits per heavy atom. The molecular weight excluding hydrogens is 250 g/mol. The van der Waals surface area contributed by atoms with Crippen molar-refractivity contribution in [3.63, 3.8) is 0 Å². The predicted octanol–water partition coefficient (Wildman–Crippen LogP) is 4.96. The Morgan fingerprint density at radius 1 is 1.06 bits per heavy atom. The van der Waals surface area contributed by atoms with Gasteiger partial charge in [0, 0.05) is 11.4 Å². The highest BCUT2D eigenvalue weighted by atomic mass is 35.5. The number of anilines is 2. The molecule has 0 bridgehead atoms. The summed E-state index contributed by atoms with van der Waals surface area (Å²) >= 11 is 8.04. The maximum absolute atomic E-state index is 6.28. The lowest BCUT2D eigenvalue weighted by atomic mass is 10.2. The highest BCUT2D eigenvalue weighted by Gasteiger charge is 2.23. The van der Waals surface area contributed by atoms with Crippen molar-refractivity contribution in [2.75, 3.05) is 11.4 Å². The van der Waals surface area contributed by atoms with Crippen molar-refractivity contribution in [2.24, 2.45) is 0 Å². The topological polar surface area (TPSA) is 3.24 Å². The molecule has 0 unspecified atom stereocenters. The van der Waals surface area contributed by atoms with E-state index >= 15 is 0 Å². The van der Waals surface area contributed by atoms with Gasteiger partial charge in [0.1, 0.15) is 0 Å². The van der Waals surface area contributed by atoms with Crippen LogP contribution in [-0.4, -0.2) is 6.54 Å². The molecule has 0 saturated heterocycles. The first-order chi connectivity index (χ1) is 8.31. The molecule has 0 radical (unpaired) electrons. The molecule has 2 aromatic carbocycles. The monoisotopic (exact) mass is 261 g/mol. The number of hydrogen-bond acceptors (Lipinski definition) is 2. The molecule has 1 heterocycles. The maximum atomic E-state index is 6.28. The van der Waals surface area contributed by atoms with Gasteiger partial charge in [-0.25, -0.2) is 0 Å². The summed E-state index contributed by atoms with van der Waals surface area (Å²) in [5.74, 6) is 0. The SMILES string of the molecule is CCN1c2ccccc2Sc2c(Cl)cccc21. The van der Waals surface area contributed by atoms with Gasteiger partial charge in [0.05, 0.1) is 21.3 Å². The fourth-order valence-electron chi connectivity index (χ4n) is 2.16. The van der Waals surface area contributed by atoms with Gasteiger partial charge in [-0.1, -0.05) is 41.6 Å². The van der Waals surface area contributed by atoms with E-state index in [1.807, 2.05) is 12.1 Å². The van der Waals surface area contributed by atoms with Gasteiger partial charge in [-0.2, -0.15) is 0 Å². The van der Waals surface area contributed by atoms with Crippen LogP contribution in [0.15, 0.2) is 52.3 Å². The quantitative estimate of drug-likeness (QED) is 0.714. The Morgan fingerprint density at radius 3 is 2.65 bits per heavy atom. The summed E-state index contributed by atoms with van der Waals surface area (Å²) in [4.78, 5) is 4.75. The molecule has 0 atom stereocenters. The van der Waals surface area contributed by atoms with Crippen molar-refractivity contribution in [2.45, 2.75) is 16.7 Å². The summed E-state index contributed by atoms with van der Waals surface area (Å²) in [5.41, 5.74) is 2.48. The van der Waals surface area contributed by atoms with Crippen molar-refractivity contribution in [1.29, 1.82) is 0 Å². The van der Waals surface area contributed by atoms with E-state index in [9.17, 15) is 0 Å². The minimum Gasteiger partial charge on any atom is -0.340 e. The second-order valence-electron chi connectivity index (χ2n) is 3.90. The van der Waals surface area contributed by atoms with Crippen LogP contribution in [0.2, 0.25) is 5.02 Å². The minimum atomic E-state index is 0.834. The molecule has 86 valence electrons. The van der Waals surface area contributed by atoms with Crippen molar-refractivity contribution in [3.8, 4) is 0 Å². The minimum absolute atomic E-state index is 0.834. The fraction of sp³-hybridized carbons (Fsp3) is 0.143. The molecule has 1 nitrogen and oxygen atoms in total. The van der Waals surface area contributed by atoms with E-state index in [0.717, 1.165) is 16.5 Å². The summed E-state index contributed by atoms with van der Waals surface area (Å²) in [6, 6.07) is 14.6. The number of benzene rings is 2. The normalized spacial score (nSPS) is 13.2. The number of hydrogen-bond donors (Lipinski definition) is 0. The van der Waals surface area contributed by atoms with Crippen molar-refractivity contribution in [1.82, 2.24) is 0 Å². The number of halogens is 1. The van der Waals surface area contributed by atoms with Crippen molar-refractivity contribution < 1.29 is 0 Å². The lowest BCUT2D eigenvalue weighted by Gasteiger charge is -2.32. The Labute approximate surface area is 110 Å². The molecule has 0 spiro atoms. The van der Waals surface area contributed by atoms with Crippen LogP contribution in [0.4, 0.5) is 11.4 Å². The molecule has 0 aliphatic carbocycles. The van der Waals surface area contributed by atoms with Gasteiger partial charge in [-0.3, -0.25) is 0 Å². The van der Waals surface area contributed by atoms with E-state index in [4.69, 9.17) is 11.6 Å². The molecule has 3 heteroatoms. The van der Waals surface area contributed by atoms with E-state index in [2.05, 4.69) is 42.2 Å². The van der Waals surface area contributed by atoms with E-state index in [0.29, 0.717) is 0 Å². The van der Waals surface area contributed by atoms with E-state index in [1.165, 1.54) is 16.3 Å². The zero-order valence-electron chi connectivity index (χ0n) is 9.48. The summed E-state index contributed by atoms with van der Waals surface area (Å²) in [6.45, 7) is 3.11. The molecule has 0 amide bonds. The first-order valence-corrected chi connectivity index (χ1v) is 6.83. The number of nitrogens with zero attached hydrogens (tertiary/aromatic N) is 1. The highest BCUT2D eigenvalue weighted by Crippen LogP contribution is 2.50. The number of fused-ring (bicyclic) bond motifs is 2. The summed E-state index contributed by atoms with van der Waals surface area (Å²) in [6.07, 6.45) is 0. The van der Waals surface area contributed by atoms with Crippen LogP contribution in [0.5, 0.6) is 0 Å². The van der Waals surface area contributed by atoms with Gasteiger partial charge >= 0.3 is 0 Å². The third kappa shape index (κ3) is 1.72. The lowest BCUT2D eigenvalue weighted by Crippen LogP contribution is -2.19. The first kappa shape index (κ1) is 11.0. The Hall–Kier alpha value is -1.12. The molecule has 1 aliphatic heterocycles. The third-order valence-corrected chi connectivity index (χ3v) is 4.55. The highest BCUT2D eigenvalue weighted by molar-refractivity contribution is 7.99. The fourth-order valence-corrected chi connectivity index (χ4v) is 3.54. The van der Waals surface area contributed by atoms with Crippen molar-refractivity contribution >= 4 is 34.7 Å². The van der Waals surface area contributed by atoms with Crippen LogP contribution in [0.25, 0.3) is 0 Å². The molecule has 1 aliphatic rings. The van der Waals surface area contributed by atoms with Gasteiger partial charge in [0.2, 0.25) is 0 Å². The molecule has 3 rings (SSSR count). The molecule has 17 heavy (non-hydrogen) atoms. The smallest absolute Gasteiger partial charge is 0.0568 e. The molecule has 2 aromatic rings. The maximum Gasteiger partial charge on any atom is 0.0568 e. The zero-order valence-corrected chi connectivity index (χ0v) is 11.1. The average Bonchev–Trinajstić information content (AvgIpc) is 2.37. The number of para-hydroxylation sites is 1. The standard InChI is InChI=1S/C14H12ClNS/c1-2-16-11-7-3-4-9-13(11)17-14-10(15)6-5-8-12(14)16/h3-9H,2H2,1H3. The second kappa shape index (κ2) is 4.28. The molecule has 0 fully saturated rings. The third-order valence-electron chi connectivity index (χ3n) is 2.92. The number of rotatable bonds is 1. The first-order valence-electron chi connectivity index (χ1n) is 5.64. The van der Waals surface area contributed by atoms with E-state index in [-0.39, 0.29) is 0 Å². The molecule has 0 aromatic heterocycles. The van der Waals surface area contributed by atoms with Crippen LogP contribution in [0.3, 0.4) is 0 Å². The van der Waals surface area contributed by atoms with Gasteiger partial charge in [-0.15, -0.1) is 0 Å². The van der Waals surface area contributed by atoms with Crippen molar-refractivity contribution in [3.05, 3.63) is 47.5 Å². The Kier molecular flexibility index (Phi) is 2.77. The Balaban J connectivity index is 2.22. The summed E-state index contributed by atoms with van der Waals surface area (Å²) in [5, 5.41) is 0.834. The predicted molar refractivity (Wildman–Crippen MR) is 74.7 cm³/mol. The second-order valence-corrected chi connectivity index (χ2v) is 5.36. The summed E-state index contributed by atoms with van der Waals surface area (Å²) in [7, 11) is 0. The van der Waals surface area contributed by atoms with Crippen LogP contribution in [-0.2, 0) is 0 Å². The van der Waals surface area contributed by atoms with Gasteiger partial charge in [0.15, 0.2) is 0 Å².